The maximum atomic E-state index is 12.9. The second-order valence-corrected chi connectivity index (χ2v) is 22.0. The number of allylic oxidation sites excluding steroid dienone is 24. The van der Waals surface area contributed by atoms with Gasteiger partial charge in [-0.15, -0.1) is 0 Å². The molecule has 0 aliphatic heterocycles. The molecule has 0 radical (unpaired) electrons. The van der Waals surface area contributed by atoms with Gasteiger partial charge in [0.25, 0.3) is 0 Å². The molecule has 0 heterocycles. The number of hydrogen-bond donors (Lipinski definition) is 0. The minimum atomic E-state index is -0.820. The van der Waals surface area contributed by atoms with Crippen molar-refractivity contribution in [2.45, 2.75) is 303 Å². The van der Waals surface area contributed by atoms with Gasteiger partial charge in [0.05, 0.1) is 0 Å². The molecule has 1 unspecified atom stereocenters. The molecule has 0 bridgehead atoms. The molecule has 82 heavy (non-hydrogen) atoms. The van der Waals surface area contributed by atoms with Crippen molar-refractivity contribution in [2.24, 2.45) is 0 Å². The minimum Gasteiger partial charge on any atom is -0.462 e. The van der Waals surface area contributed by atoms with Crippen LogP contribution in [0.1, 0.15) is 297 Å². The third-order valence-electron chi connectivity index (χ3n) is 14.1. The van der Waals surface area contributed by atoms with Gasteiger partial charge in [0.1, 0.15) is 13.2 Å². The molecule has 0 fully saturated rings. The molecule has 0 aliphatic carbocycles. The zero-order chi connectivity index (χ0) is 59.2. The Balaban J connectivity index is 4.20. The Morgan fingerprint density at radius 1 is 0.256 bits per heavy atom. The highest BCUT2D eigenvalue weighted by atomic mass is 16.6. The molecule has 0 aliphatic rings. The summed E-state index contributed by atoms with van der Waals surface area (Å²) in [6.07, 6.45) is 99.0. The van der Waals surface area contributed by atoms with Crippen LogP contribution in [0.3, 0.4) is 0 Å². The summed E-state index contributed by atoms with van der Waals surface area (Å²) in [4.78, 5) is 38.2. The first-order valence-corrected chi connectivity index (χ1v) is 33.8. The van der Waals surface area contributed by atoms with Gasteiger partial charge in [-0.3, -0.25) is 14.4 Å². The van der Waals surface area contributed by atoms with Crippen LogP contribution in [-0.2, 0) is 28.6 Å². The van der Waals surface area contributed by atoms with Gasteiger partial charge >= 0.3 is 17.9 Å². The van der Waals surface area contributed by atoms with E-state index in [2.05, 4.69) is 161 Å². The summed E-state index contributed by atoms with van der Waals surface area (Å²) in [6, 6.07) is 0. The van der Waals surface area contributed by atoms with Gasteiger partial charge < -0.3 is 14.2 Å². The standard InChI is InChI=1S/C76H124O6/c1-4-7-10-13-16-19-22-24-26-28-30-31-32-33-34-35-36-37-38-39-40-41-42-43-44-45-47-48-50-52-54-57-60-63-66-69-75(78)81-72-73(71-80-74(77)68-65-62-59-56-21-18-15-12-9-6-3)82-76(79)70-67-64-61-58-55-53-51-49-46-29-27-25-23-20-17-14-11-8-5-2/h7-8,10-11,16-17,19-20,24-27,30-31,33-34,36-37,46,49,53,55,61,64,73H,4-6,9,12-15,18,21-23,28-29,32,35,38-45,47-48,50-52,54,56-60,62-63,65-72H2,1-3H3/b10-7-,11-8-,19-16-,20-17-,26-24-,27-25-,31-30-,34-33-,37-36-,49-46-,55-53-,64-61-. The zero-order valence-corrected chi connectivity index (χ0v) is 53.2. The molecule has 0 aromatic carbocycles. The van der Waals surface area contributed by atoms with E-state index in [4.69, 9.17) is 14.2 Å². The molecule has 6 nitrogen and oxygen atoms in total. The van der Waals surface area contributed by atoms with Crippen LogP contribution >= 0.6 is 0 Å². The molecule has 0 rings (SSSR count). The number of carbonyl (C=O) groups excluding carboxylic acids is 3. The third-order valence-corrected chi connectivity index (χ3v) is 14.1. The molecule has 0 aromatic heterocycles. The van der Waals surface area contributed by atoms with E-state index >= 15 is 0 Å². The smallest absolute Gasteiger partial charge is 0.306 e. The van der Waals surface area contributed by atoms with Gasteiger partial charge in [0.2, 0.25) is 0 Å². The molecule has 6 heteroatoms. The number of ether oxygens (including phenoxy) is 3. The first-order chi connectivity index (χ1) is 40.5. The number of hydrogen-bond acceptors (Lipinski definition) is 6. The van der Waals surface area contributed by atoms with Gasteiger partial charge in [-0.2, -0.15) is 0 Å². The molecule has 0 saturated heterocycles. The summed E-state index contributed by atoms with van der Waals surface area (Å²) in [5, 5.41) is 0. The lowest BCUT2D eigenvalue weighted by atomic mass is 10.0. The number of carbonyl (C=O) groups is 3. The summed E-state index contributed by atoms with van der Waals surface area (Å²) in [7, 11) is 0. The monoisotopic (exact) mass is 1130 g/mol. The Hall–Kier alpha value is -4.71. The van der Waals surface area contributed by atoms with Crippen LogP contribution < -0.4 is 0 Å². The normalized spacial score (nSPS) is 13.1. The number of rotatable bonds is 60. The van der Waals surface area contributed by atoms with Crippen molar-refractivity contribution in [1.82, 2.24) is 0 Å². The Kier molecular flexibility index (Phi) is 64.8. The minimum absolute atomic E-state index is 0.108. The van der Waals surface area contributed by atoms with Gasteiger partial charge in [-0.1, -0.05) is 314 Å². The Bertz CT molecular complexity index is 1780. The van der Waals surface area contributed by atoms with Crippen LogP contribution in [0.25, 0.3) is 0 Å². The van der Waals surface area contributed by atoms with Crippen molar-refractivity contribution in [3.63, 3.8) is 0 Å². The van der Waals surface area contributed by atoms with Gasteiger partial charge in [-0.05, 0) is 109 Å². The summed E-state index contributed by atoms with van der Waals surface area (Å²) >= 11 is 0. The van der Waals surface area contributed by atoms with E-state index in [1.54, 1.807) is 0 Å². The maximum Gasteiger partial charge on any atom is 0.306 e. The largest absolute Gasteiger partial charge is 0.462 e. The fourth-order valence-electron chi connectivity index (χ4n) is 9.12. The van der Waals surface area contributed by atoms with Crippen LogP contribution in [0.4, 0.5) is 0 Å². The average Bonchev–Trinajstić information content (AvgIpc) is 3.48. The van der Waals surface area contributed by atoms with Crippen molar-refractivity contribution < 1.29 is 28.6 Å². The van der Waals surface area contributed by atoms with E-state index in [0.717, 1.165) is 116 Å². The summed E-state index contributed by atoms with van der Waals surface area (Å²) < 4.78 is 16.8. The number of esters is 3. The second-order valence-electron chi connectivity index (χ2n) is 22.0. The summed E-state index contributed by atoms with van der Waals surface area (Å²) in [5.74, 6) is -0.991. The Morgan fingerprint density at radius 3 is 0.793 bits per heavy atom. The van der Waals surface area contributed by atoms with Crippen LogP contribution in [-0.4, -0.2) is 37.2 Å². The lowest BCUT2D eigenvalue weighted by Crippen LogP contribution is -2.30. The van der Waals surface area contributed by atoms with Gasteiger partial charge in [-0.25, -0.2) is 0 Å². The molecule has 0 saturated carbocycles. The van der Waals surface area contributed by atoms with Crippen molar-refractivity contribution in [2.75, 3.05) is 13.2 Å². The number of unbranched alkanes of at least 4 members (excludes halogenated alkanes) is 25. The molecular weight excluding hydrogens is 1010 g/mol. The molecule has 0 amide bonds. The van der Waals surface area contributed by atoms with Crippen molar-refractivity contribution in [3.05, 3.63) is 146 Å². The van der Waals surface area contributed by atoms with Crippen LogP contribution in [0.5, 0.6) is 0 Å². The van der Waals surface area contributed by atoms with Crippen molar-refractivity contribution in [1.29, 1.82) is 0 Å². The predicted octanol–water partition coefficient (Wildman–Crippen LogP) is 23.5. The molecule has 0 spiro atoms. The predicted molar refractivity (Wildman–Crippen MR) is 357 cm³/mol. The third kappa shape index (κ3) is 66.1. The summed E-state index contributed by atoms with van der Waals surface area (Å²) in [6.45, 7) is 6.35. The lowest BCUT2D eigenvalue weighted by Gasteiger charge is -2.18. The van der Waals surface area contributed by atoms with E-state index in [-0.39, 0.29) is 31.6 Å². The molecule has 1 atom stereocenters. The van der Waals surface area contributed by atoms with E-state index < -0.39 is 12.1 Å². The maximum absolute atomic E-state index is 12.9. The zero-order valence-electron chi connectivity index (χ0n) is 53.2. The average molecular weight is 1130 g/mol. The quantitative estimate of drug-likeness (QED) is 0.0261. The highest BCUT2D eigenvalue weighted by molar-refractivity contribution is 5.71. The topological polar surface area (TPSA) is 78.9 Å². The lowest BCUT2D eigenvalue weighted by molar-refractivity contribution is -0.166. The molecule has 0 N–H and O–H groups in total. The van der Waals surface area contributed by atoms with E-state index in [1.165, 1.54) is 135 Å². The fourth-order valence-corrected chi connectivity index (χ4v) is 9.12. The fraction of sp³-hybridized carbons (Fsp3) is 0.645. The molecule has 0 aromatic rings. The second kappa shape index (κ2) is 68.8. The summed E-state index contributed by atoms with van der Waals surface area (Å²) in [5.41, 5.74) is 0. The SMILES string of the molecule is CC/C=C\C/C=C\C/C=C\C/C=C\C/C=C\C/C=C\CCCCCCCCCCCCCCCCCCC(=O)OCC(COC(=O)CCCCCCCCCCCC)OC(=O)CC/C=C\C/C=C\C/C=C\C/C=C\C/C=C\C/C=C\CC. The van der Waals surface area contributed by atoms with E-state index in [1.807, 2.05) is 6.08 Å². The van der Waals surface area contributed by atoms with E-state index in [0.29, 0.717) is 19.3 Å². The first-order valence-electron chi connectivity index (χ1n) is 33.8. The van der Waals surface area contributed by atoms with Gasteiger partial charge in [0, 0.05) is 19.3 Å². The van der Waals surface area contributed by atoms with Crippen molar-refractivity contribution in [3.8, 4) is 0 Å². The first kappa shape index (κ1) is 77.3. The molecular formula is C76H124O6. The Morgan fingerprint density at radius 2 is 0.500 bits per heavy atom. The highest BCUT2D eigenvalue weighted by Crippen LogP contribution is 2.16. The van der Waals surface area contributed by atoms with Crippen LogP contribution in [0.15, 0.2) is 146 Å². The van der Waals surface area contributed by atoms with E-state index in [9.17, 15) is 14.4 Å². The van der Waals surface area contributed by atoms with Crippen LogP contribution in [0, 0.1) is 0 Å². The van der Waals surface area contributed by atoms with Gasteiger partial charge in [0.15, 0.2) is 6.10 Å². The molecule has 464 valence electrons. The van der Waals surface area contributed by atoms with Crippen LogP contribution in [0.2, 0.25) is 0 Å². The highest BCUT2D eigenvalue weighted by Gasteiger charge is 2.19. The van der Waals surface area contributed by atoms with Crippen molar-refractivity contribution >= 4 is 17.9 Å². The Labute approximate surface area is 506 Å².